The Balaban J connectivity index is 1.76. The minimum Gasteiger partial charge on any atom is -0.491 e. The van der Waals surface area contributed by atoms with Crippen LogP contribution in [0.4, 0.5) is 0 Å². The molecular formula is C17H27NO2. The van der Waals surface area contributed by atoms with Crippen LogP contribution in [0.25, 0.3) is 0 Å². The third-order valence-corrected chi connectivity index (χ3v) is 4.46. The van der Waals surface area contributed by atoms with Crippen LogP contribution in [-0.4, -0.2) is 29.9 Å². The number of aliphatic hydroxyl groups is 1. The van der Waals surface area contributed by atoms with Crippen molar-refractivity contribution in [3.05, 3.63) is 29.3 Å². The Morgan fingerprint density at radius 2 is 2.10 bits per heavy atom. The highest BCUT2D eigenvalue weighted by molar-refractivity contribution is 5.35. The smallest absolute Gasteiger partial charge is 0.122 e. The van der Waals surface area contributed by atoms with Gasteiger partial charge < -0.3 is 15.2 Å². The van der Waals surface area contributed by atoms with E-state index in [1.807, 2.05) is 19.1 Å². The molecule has 1 unspecified atom stereocenters. The van der Waals surface area contributed by atoms with E-state index in [-0.39, 0.29) is 5.54 Å². The maximum atomic E-state index is 10.0. The van der Waals surface area contributed by atoms with Gasteiger partial charge in [0.25, 0.3) is 0 Å². The first-order valence-corrected chi connectivity index (χ1v) is 7.68. The summed E-state index contributed by atoms with van der Waals surface area (Å²) in [5.74, 6) is 0.864. The van der Waals surface area contributed by atoms with Gasteiger partial charge in [-0.15, -0.1) is 0 Å². The molecule has 3 heteroatoms. The number of benzene rings is 1. The molecule has 0 aromatic heterocycles. The average molecular weight is 277 g/mol. The van der Waals surface area contributed by atoms with Gasteiger partial charge in [0.05, 0.1) is 0 Å². The van der Waals surface area contributed by atoms with Crippen molar-refractivity contribution in [2.75, 3.05) is 13.2 Å². The van der Waals surface area contributed by atoms with Crippen LogP contribution in [0.3, 0.4) is 0 Å². The fourth-order valence-electron chi connectivity index (χ4n) is 2.80. The molecule has 1 atom stereocenters. The molecule has 112 valence electrons. The summed E-state index contributed by atoms with van der Waals surface area (Å²) in [5.41, 5.74) is 2.63. The van der Waals surface area contributed by atoms with Crippen LogP contribution in [0.5, 0.6) is 5.75 Å². The number of ether oxygens (including phenoxy) is 1. The first kappa shape index (κ1) is 15.3. The van der Waals surface area contributed by atoms with Crippen molar-refractivity contribution in [3.8, 4) is 5.75 Å². The molecule has 0 aliphatic heterocycles. The van der Waals surface area contributed by atoms with Crippen LogP contribution < -0.4 is 10.1 Å². The lowest BCUT2D eigenvalue weighted by molar-refractivity contribution is 0.0809. The van der Waals surface area contributed by atoms with Crippen LogP contribution in [-0.2, 0) is 0 Å². The lowest BCUT2D eigenvalue weighted by Crippen LogP contribution is -2.53. The summed E-state index contributed by atoms with van der Waals surface area (Å²) in [6, 6.07) is 6.11. The molecule has 1 aliphatic carbocycles. The third kappa shape index (κ3) is 3.74. The second kappa shape index (κ2) is 6.59. The van der Waals surface area contributed by atoms with E-state index in [1.165, 1.54) is 24.8 Å². The molecule has 20 heavy (non-hydrogen) atoms. The molecule has 1 aliphatic rings. The van der Waals surface area contributed by atoms with E-state index in [2.05, 4.69) is 25.2 Å². The molecule has 0 saturated heterocycles. The second-order valence-electron chi connectivity index (χ2n) is 6.10. The van der Waals surface area contributed by atoms with Gasteiger partial charge in [-0.25, -0.2) is 0 Å². The third-order valence-electron chi connectivity index (χ3n) is 4.46. The van der Waals surface area contributed by atoms with Gasteiger partial charge in [0.15, 0.2) is 0 Å². The molecule has 0 spiro atoms. The first-order chi connectivity index (χ1) is 9.54. The van der Waals surface area contributed by atoms with Crippen LogP contribution in [0.15, 0.2) is 18.2 Å². The van der Waals surface area contributed by atoms with Gasteiger partial charge in [-0.05, 0) is 51.2 Å². The van der Waals surface area contributed by atoms with Gasteiger partial charge >= 0.3 is 0 Å². The van der Waals surface area contributed by atoms with Crippen LogP contribution >= 0.6 is 0 Å². The summed E-state index contributed by atoms with van der Waals surface area (Å²) in [6.45, 7) is 7.27. The predicted molar refractivity (Wildman–Crippen MR) is 82.3 cm³/mol. The Bertz CT molecular complexity index is 435. The van der Waals surface area contributed by atoms with Crippen molar-refractivity contribution >= 4 is 0 Å². The van der Waals surface area contributed by atoms with Crippen molar-refractivity contribution in [2.45, 2.75) is 58.1 Å². The molecular weight excluding hydrogens is 250 g/mol. The topological polar surface area (TPSA) is 41.5 Å². The Hall–Kier alpha value is -1.06. The van der Waals surface area contributed by atoms with E-state index in [0.717, 1.165) is 17.7 Å². The van der Waals surface area contributed by atoms with Crippen LogP contribution in [0, 0.1) is 13.8 Å². The second-order valence-corrected chi connectivity index (χ2v) is 6.10. The monoisotopic (exact) mass is 277 g/mol. The standard InChI is InChI=1S/C17H27NO2/c1-4-17(8-5-9-17)18-11-15(19)12-20-16-7-6-13(2)10-14(16)3/h6-7,10,15,18-19H,4-5,8-9,11-12H2,1-3H3. The maximum absolute atomic E-state index is 10.0. The van der Waals surface area contributed by atoms with E-state index in [4.69, 9.17) is 4.74 Å². The van der Waals surface area contributed by atoms with E-state index in [1.54, 1.807) is 0 Å². The Labute approximate surface area is 122 Å². The SMILES string of the molecule is CCC1(NCC(O)COc2ccc(C)cc2C)CCC1. The summed E-state index contributed by atoms with van der Waals surface area (Å²) < 4.78 is 5.71. The fourth-order valence-corrected chi connectivity index (χ4v) is 2.80. The molecule has 1 aromatic carbocycles. The number of aliphatic hydroxyl groups excluding tert-OH is 1. The maximum Gasteiger partial charge on any atom is 0.122 e. The fraction of sp³-hybridized carbons (Fsp3) is 0.647. The summed E-state index contributed by atoms with van der Waals surface area (Å²) in [5, 5.41) is 13.6. The number of nitrogens with one attached hydrogen (secondary N) is 1. The zero-order chi connectivity index (χ0) is 14.6. The molecule has 1 saturated carbocycles. The summed E-state index contributed by atoms with van der Waals surface area (Å²) in [4.78, 5) is 0. The van der Waals surface area contributed by atoms with Crippen LogP contribution in [0.2, 0.25) is 0 Å². The zero-order valence-electron chi connectivity index (χ0n) is 12.9. The van der Waals surface area contributed by atoms with Gasteiger partial charge in [-0.2, -0.15) is 0 Å². The minimum atomic E-state index is -0.459. The molecule has 2 N–H and O–H groups in total. The number of rotatable bonds is 7. The Morgan fingerprint density at radius 1 is 1.35 bits per heavy atom. The van der Waals surface area contributed by atoms with Gasteiger partial charge in [-0.1, -0.05) is 24.6 Å². The zero-order valence-corrected chi connectivity index (χ0v) is 12.9. The minimum absolute atomic E-state index is 0.279. The Morgan fingerprint density at radius 3 is 2.65 bits per heavy atom. The molecule has 0 bridgehead atoms. The van der Waals surface area contributed by atoms with Crippen molar-refractivity contribution in [1.82, 2.24) is 5.32 Å². The van der Waals surface area contributed by atoms with Crippen molar-refractivity contribution in [1.29, 1.82) is 0 Å². The van der Waals surface area contributed by atoms with E-state index < -0.39 is 6.10 Å². The van der Waals surface area contributed by atoms with Gasteiger partial charge in [-0.3, -0.25) is 0 Å². The molecule has 1 aromatic rings. The van der Waals surface area contributed by atoms with Gasteiger partial charge in [0.2, 0.25) is 0 Å². The molecule has 0 amide bonds. The number of hydrogen-bond acceptors (Lipinski definition) is 3. The number of β-amino-alcohol motifs (C(OH)–C–C–N with tert-alkyl or cyclic N) is 1. The molecule has 1 fully saturated rings. The molecule has 2 rings (SSSR count). The molecule has 0 heterocycles. The summed E-state index contributed by atoms with van der Waals surface area (Å²) >= 11 is 0. The van der Waals surface area contributed by atoms with E-state index in [9.17, 15) is 5.11 Å². The van der Waals surface area contributed by atoms with Gasteiger partial charge in [0.1, 0.15) is 18.5 Å². The quantitative estimate of drug-likeness (QED) is 0.805. The summed E-state index contributed by atoms with van der Waals surface area (Å²) in [6.07, 6.45) is 4.44. The predicted octanol–water partition coefficient (Wildman–Crippen LogP) is 2.97. The summed E-state index contributed by atoms with van der Waals surface area (Å²) in [7, 11) is 0. The lowest BCUT2D eigenvalue weighted by atomic mass is 9.75. The van der Waals surface area contributed by atoms with E-state index >= 15 is 0 Å². The first-order valence-electron chi connectivity index (χ1n) is 7.68. The van der Waals surface area contributed by atoms with Crippen molar-refractivity contribution in [3.63, 3.8) is 0 Å². The van der Waals surface area contributed by atoms with E-state index in [0.29, 0.717) is 13.2 Å². The van der Waals surface area contributed by atoms with Gasteiger partial charge in [0, 0.05) is 12.1 Å². The number of hydrogen-bond donors (Lipinski definition) is 2. The van der Waals surface area contributed by atoms with Crippen LogP contribution in [0.1, 0.15) is 43.7 Å². The van der Waals surface area contributed by atoms with Crippen molar-refractivity contribution < 1.29 is 9.84 Å². The highest BCUT2D eigenvalue weighted by atomic mass is 16.5. The largest absolute Gasteiger partial charge is 0.491 e. The highest BCUT2D eigenvalue weighted by Crippen LogP contribution is 2.34. The molecule has 0 radical (unpaired) electrons. The average Bonchev–Trinajstić information content (AvgIpc) is 2.37. The highest BCUT2D eigenvalue weighted by Gasteiger charge is 2.34. The molecule has 3 nitrogen and oxygen atoms in total. The normalized spacial score (nSPS) is 18.4. The lowest BCUT2D eigenvalue weighted by Gasteiger charge is -2.42. The Kier molecular flexibility index (Phi) is 5.06. The number of aryl methyl sites for hydroxylation is 2. The van der Waals surface area contributed by atoms with Crippen molar-refractivity contribution in [2.24, 2.45) is 0 Å².